The van der Waals surface area contributed by atoms with E-state index in [-0.39, 0.29) is 5.69 Å². The van der Waals surface area contributed by atoms with Crippen LogP contribution in [0.3, 0.4) is 0 Å². The lowest BCUT2D eigenvalue weighted by atomic mass is 9.99. The largest absolute Gasteiger partial charge is 0.398 e. The van der Waals surface area contributed by atoms with E-state index in [4.69, 9.17) is 10.5 Å². The number of anilines is 1. The van der Waals surface area contributed by atoms with Crippen molar-refractivity contribution in [3.05, 3.63) is 24.0 Å². The van der Waals surface area contributed by atoms with Crippen LogP contribution in [0.1, 0.15) is 12.8 Å². The van der Waals surface area contributed by atoms with Crippen LogP contribution in [0.2, 0.25) is 0 Å². The highest BCUT2D eigenvalue weighted by atomic mass is 32.2. The van der Waals surface area contributed by atoms with Gasteiger partial charge in [-0.2, -0.15) is 4.31 Å². The van der Waals surface area contributed by atoms with Crippen molar-refractivity contribution >= 4 is 15.7 Å². The van der Waals surface area contributed by atoms with Gasteiger partial charge in [-0.25, -0.2) is 12.8 Å². The molecule has 0 atom stereocenters. The van der Waals surface area contributed by atoms with Crippen LogP contribution in [0.5, 0.6) is 0 Å². The van der Waals surface area contributed by atoms with Crippen molar-refractivity contribution in [1.29, 1.82) is 0 Å². The molecule has 0 saturated carbocycles. The predicted molar refractivity (Wildman–Crippen MR) is 74.2 cm³/mol. The molecule has 2 rings (SSSR count). The molecular formula is C13H19FN2O3S. The SMILES string of the molecule is COCC1CCN(S(=O)(=O)c2c(N)cccc2F)CC1. The highest BCUT2D eigenvalue weighted by molar-refractivity contribution is 7.89. The van der Waals surface area contributed by atoms with E-state index < -0.39 is 20.7 Å². The first kappa shape index (κ1) is 15.2. The molecule has 0 unspecified atom stereocenters. The summed E-state index contributed by atoms with van der Waals surface area (Å²) in [6.45, 7) is 1.35. The van der Waals surface area contributed by atoms with Crippen LogP contribution in [0, 0.1) is 11.7 Å². The zero-order valence-electron chi connectivity index (χ0n) is 11.4. The number of nitrogens with two attached hydrogens (primary N) is 1. The third kappa shape index (κ3) is 2.94. The van der Waals surface area contributed by atoms with Gasteiger partial charge in [-0.15, -0.1) is 0 Å². The third-order valence-electron chi connectivity index (χ3n) is 3.57. The third-order valence-corrected chi connectivity index (χ3v) is 5.56. The van der Waals surface area contributed by atoms with Gasteiger partial charge in [-0.05, 0) is 30.9 Å². The van der Waals surface area contributed by atoms with Gasteiger partial charge in [0.05, 0.1) is 5.69 Å². The number of halogens is 1. The van der Waals surface area contributed by atoms with E-state index in [0.717, 1.165) is 6.07 Å². The first-order valence-electron chi connectivity index (χ1n) is 6.50. The second kappa shape index (κ2) is 6.07. The number of benzene rings is 1. The van der Waals surface area contributed by atoms with E-state index in [1.165, 1.54) is 16.4 Å². The molecular weight excluding hydrogens is 283 g/mol. The second-order valence-electron chi connectivity index (χ2n) is 4.96. The number of methoxy groups -OCH3 is 1. The fourth-order valence-electron chi connectivity index (χ4n) is 2.48. The van der Waals surface area contributed by atoms with Gasteiger partial charge in [0.1, 0.15) is 10.7 Å². The zero-order chi connectivity index (χ0) is 14.8. The lowest BCUT2D eigenvalue weighted by Gasteiger charge is -2.31. The Hall–Kier alpha value is -1.18. The summed E-state index contributed by atoms with van der Waals surface area (Å²) >= 11 is 0. The van der Waals surface area contributed by atoms with Crippen LogP contribution >= 0.6 is 0 Å². The number of piperidine rings is 1. The molecule has 1 fully saturated rings. The zero-order valence-corrected chi connectivity index (χ0v) is 12.2. The monoisotopic (exact) mass is 302 g/mol. The number of ether oxygens (including phenoxy) is 1. The smallest absolute Gasteiger partial charge is 0.248 e. The summed E-state index contributed by atoms with van der Waals surface area (Å²) in [5.41, 5.74) is 5.57. The fraction of sp³-hybridized carbons (Fsp3) is 0.538. The molecule has 0 aliphatic carbocycles. The molecule has 1 aliphatic heterocycles. The van der Waals surface area contributed by atoms with Crippen molar-refractivity contribution in [2.75, 3.05) is 32.5 Å². The molecule has 5 nitrogen and oxygen atoms in total. The minimum atomic E-state index is -3.87. The Bertz CT molecular complexity index is 549. The summed E-state index contributed by atoms with van der Waals surface area (Å²) in [5.74, 6) is -0.451. The molecule has 1 aromatic rings. The Balaban J connectivity index is 2.20. The molecule has 2 N–H and O–H groups in total. The number of nitrogen functional groups attached to an aromatic ring is 1. The van der Waals surface area contributed by atoms with Crippen LogP contribution in [0.4, 0.5) is 10.1 Å². The average molecular weight is 302 g/mol. The van der Waals surface area contributed by atoms with Crippen LogP contribution < -0.4 is 5.73 Å². The van der Waals surface area contributed by atoms with Crippen LogP contribution in [0.25, 0.3) is 0 Å². The highest BCUT2D eigenvalue weighted by Gasteiger charge is 2.32. The number of rotatable bonds is 4. The van der Waals surface area contributed by atoms with Gasteiger partial charge >= 0.3 is 0 Å². The van der Waals surface area contributed by atoms with Crippen molar-refractivity contribution in [2.24, 2.45) is 5.92 Å². The van der Waals surface area contributed by atoms with E-state index in [1.54, 1.807) is 7.11 Å². The summed E-state index contributed by atoms with van der Waals surface area (Å²) in [6, 6.07) is 3.91. The van der Waals surface area contributed by atoms with Gasteiger partial charge in [-0.3, -0.25) is 0 Å². The molecule has 0 amide bonds. The normalized spacial score (nSPS) is 18.3. The van der Waals surface area contributed by atoms with Crippen molar-refractivity contribution in [2.45, 2.75) is 17.7 Å². The quantitative estimate of drug-likeness (QED) is 0.855. The minimum absolute atomic E-state index is 0.0518. The van der Waals surface area contributed by atoms with Gasteiger partial charge in [-0.1, -0.05) is 6.07 Å². The minimum Gasteiger partial charge on any atom is -0.398 e. The summed E-state index contributed by atoms with van der Waals surface area (Å²) < 4.78 is 45.1. The molecule has 0 spiro atoms. The highest BCUT2D eigenvalue weighted by Crippen LogP contribution is 2.28. The Morgan fingerprint density at radius 2 is 2.05 bits per heavy atom. The Labute approximate surface area is 118 Å². The van der Waals surface area contributed by atoms with Crippen molar-refractivity contribution in [1.82, 2.24) is 4.31 Å². The van der Waals surface area contributed by atoms with E-state index in [0.29, 0.717) is 38.5 Å². The molecule has 0 aromatic heterocycles. The Morgan fingerprint density at radius 1 is 1.40 bits per heavy atom. The molecule has 0 radical (unpaired) electrons. The Kier molecular flexibility index (Phi) is 4.62. The molecule has 1 aromatic carbocycles. The van der Waals surface area contributed by atoms with Crippen LogP contribution in [0.15, 0.2) is 23.1 Å². The van der Waals surface area contributed by atoms with Crippen LogP contribution in [-0.2, 0) is 14.8 Å². The van der Waals surface area contributed by atoms with Gasteiger partial charge in [0.25, 0.3) is 0 Å². The van der Waals surface area contributed by atoms with E-state index >= 15 is 0 Å². The molecule has 1 saturated heterocycles. The molecule has 7 heteroatoms. The summed E-state index contributed by atoms with van der Waals surface area (Å²) in [5, 5.41) is 0. The van der Waals surface area contributed by atoms with Crippen molar-refractivity contribution in [3.8, 4) is 0 Å². The van der Waals surface area contributed by atoms with Crippen molar-refractivity contribution in [3.63, 3.8) is 0 Å². The molecule has 1 aliphatic rings. The lowest BCUT2D eigenvalue weighted by molar-refractivity contribution is 0.121. The first-order valence-corrected chi connectivity index (χ1v) is 7.94. The number of hydrogen-bond acceptors (Lipinski definition) is 4. The summed E-state index contributed by atoms with van der Waals surface area (Å²) in [6.07, 6.45) is 1.42. The molecule has 20 heavy (non-hydrogen) atoms. The van der Waals surface area contributed by atoms with Gasteiger partial charge in [0, 0.05) is 26.8 Å². The molecule has 112 valence electrons. The van der Waals surface area contributed by atoms with E-state index in [1.807, 2.05) is 0 Å². The van der Waals surface area contributed by atoms with Gasteiger partial charge in [0.15, 0.2) is 0 Å². The van der Waals surface area contributed by atoms with Gasteiger partial charge in [0.2, 0.25) is 10.0 Å². The number of nitrogens with zero attached hydrogens (tertiary/aromatic N) is 1. The maximum atomic E-state index is 13.8. The standard InChI is InChI=1S/C13H19FN2O3S/c1-19-9-10-5-7-16(8-6-10)20(17,18)13-11(14)3-2-4-12(13)15/h2-4,10H,5-9,15H2,1H3. The lowest BCUT2D eigenvalue weighted by Crippen LogP contribution is -2.39. The number of hydrogen-bond donors (Lipinski definition) is 1. The van der Waals surface area contributed by atoms with E-state index in [9.17, 15) is 12.8 Å². The maximum absolute atomic E-state index is 13.8. The first-order chi connectivity index (χ1) is 9.46. The number of sulfonamides is 1. The molecule has 1 heterocycles. The topological polar surface area (TPSA) is 72.6 Å². The fourth-order valence-corrected chi connectivity index (χ4v) is 4.11. The van der Waals surface area contributed by atoms with Gasteiger partial charge < -0.3 is 10.5 Å². The van der Waals surface area contributed by atoms with Crippen LogP contribution in [-0.4, -0.2) is 39.5 Å². The second-order valence-corrected chi connectivity index (χ2v) is 6.84. The molecule has 0 bridgehead atoms. The Morgan fingerprint density at radius 3 is 2.60 bits per heavy atom. The predicted octanol–water partition coefficient (Wildman–Crippen LogP) is 1.45. The summed E-state index contributed by atoms with van der Waals surface area (Å²) in [7, 11) is -2.24. The van der Waals surface area contributed by atoms with E-state index in [2.05, 4.69) is 0 Å². The van der Waals surface area contributed by atoms with Crippen molar-refractivity contribution < 1.29 is 17.5 Å². The summed E-state index contributed by atoms with van der Waals surface area (Å²) in [4.78, 5) is -0.412. The maximum Gasteiger partial charge on any atom is 0.248 e. The average Bonchev–Trinajstić information content (AvgIpc) is 2.39.